The molecular weight excluding hydrogens is 338 g/mol. The van der Waals surface area contributed by atoms with E-state index in [1.165, 1.54) is 23.5 Å². The van der Waals surface area contributed by atoms with Gasteiger partial charge in [-0.15, -0.1) is 0 Å². The first-order valence-corrected chi connectivity index (χ1v) is 8.40. The van der Waals surface area contributed by atoms with Crippen molar-refractivity contribution in [2.45, 2.75) is 5.16 Å². The third-order valence-electron chi connectivity index (χ3n) is 3.86. The Hall–Kier alpha value is -3.06. The highest BCUT2D eigenvalue weighted by molar-refractivity contribution is 8.02. The van der Waals surface area contributed by atoms with E-state index in [0.29, 0.717) is 21.6 Å². The molecule has 0 unspecified atom stereocenters. The summed E-state index contributed by atoms with van der Waals surface area (Å²) in [5.74, 6) is -0.460. The lowest BCUT2D eigenvalue weighted by Gasteiger charge is -2.20. The van der Waals surface area contributed by atoms with E-state index in [0.717, 1.165) is 11.3 Å². The van der Waals surface area contributed by atoms with Crippen LogP contribution in [0.3, 0.4) is 0 Å². The summed E-state index contributed by atoms with van der Waals surface area (Å²) >= 11 is 1.35. The molecule has 1 aliphatic rings. The summed E-state index contributed by atoms with van der Waals surface area (Å²) < 4.78 is 6.14. The van der Waals surface area contributed by atoms with Crippen LogP contribution in [0.1, 0.15) is 15.9 Å². The molecule has 0 amide bonds. The Morgan fingerprint density at radius 1 is 1.20 bits per heavy atom. The third kappa shape index (κ3) is 2.68. The van der Waals surface area contributed by atoms with E-state index in [1.54, 1.807) is 18.2 Å². The number of carbonyl (C=O) groups excluding carboxylic acids is 1. The minimum Gasteiger partial charge on any atom is -0.465 e. The van der Waals surface area contributed by atoms with Gasteiger partial charge in [0.2, 0.25) is 0 Å². The van der Waals surface area contributed by atoms with Crippen molar-refractivity contribution in [2.24, 2.45) is 0 Å². The monoisotopic (exact) mass is 351 g/mol. The van der Waals surface area contributed by atoms with Gasteiger partial charge in [0.05, 0.1) is 29.3 Å². The van der Waals surface area contributed by atoms with Gasteiger partial charge in [0.25, 0.3) is 5.56 Å². The zero-order chi connectivity index (χ0) is 17.4. The van der Waals surface area contributed by atoms with Crippen LogP contribution in [0.4, 0.5) is 0 Å². The van der Waals surface area contributed by atoms with E-state index >= 15 is 0 Å². The average molecular weight is 351 g/mol. The van der Waals surface area contributed by atoms with Gasteiger partial charge in [-0.25, -0.2) is 9.78 Å². The Morgan fingerprint density at radius 2 is 2.00 bits per heavy atom. The Balaban J connectivity index is 1.80. The molecule has 0 radical (unpaired) electrons. The van der Waals surface area contributed by atoms with E-state index in [-0.39, 0.29) is 5.56 Å². The van der Waals surface area contributed by atoms with Crippen molar-refractivity contribution in [1.29, 1.82) is 0 Å². The van der Waals surface area contributed by atoms with Crippen LogP contribution in [0.15, 0.2) is 63.9 Å². The minimum atomic E-state index is -0.460. The number of ether oxygens (including phenoxy) is 1. The number of nitrogens with one attached hydrogen (secondary N) is 1. The molecular formula is C18H13N3O3S. The van der Waals surface area contributed by atoms with Gasteiger partial charge in [0.15, 0.2) is 5.16 Å². The molecule has 4 rings (SSSR count). The average Bonchev–Trinajstić information content (AvgIpc) is 2.67. The zero-order valence-corrected chi connectivity index (χ0v) is 14.0. The SMILES string of the molecule is COC(=O)c1ccc2c(=O)n3c(nc2c1)SC=C(c1ccccc1)N3. The fraction of sp³-hybridized carbons (Fsp3) is 0.0556. The van der Waals surface area contributed by atoms with Crippen LogP contribution in [0.2, 0.25) is 0 Å². The van der Waals surface area contributed by atoms with Gasteiger partial charge in [-0.05, 0) is 23.8 Å². The quantitative estimate of drug-likeness (QED) is 0.565. The second-order valence-corrected chi connectivity index (χ2v) is 6.22. The van der Waals surface area contributed by atoms with Crippen molar-refractivity contribution in [3.05, 3.63) is 75.4 Å². The summed E-state index contributed by atoms with van der Waals surface area (Å²) in [6, 6.07) is 14.5. The van der Waals surface area contributed by atoms with Gasteiger partial charge in [-0.1, -0.05) is 42.1 Å². The molecule has 6 nitrogen and oxygen atoms in total. The molecule has 0 bridgehead atoms. The van der Waals surface area contributed by atoms with E-state index in [1.807, 2.05) is 35.7 Å². The number of thioether (sulfide) groups is 1. The molecule has 1 aliphatic heterocycles. The number of carbonyl (C=O) groups is 1. The molecule has 124 valence electrons. The van der Waals surface area contributed by atoms with Gasteiger partial charge in [-0.2, -0.15) is 4.68 Å². The smallest absolute Gasteiger partial charge is 0.337 e. The molecule has 0 aliphatic carbocycles. The molecule has 1 aromatic heterocycles. The van der Waals surface area contributed by atoms with Gasteiger partial charge >= 0.3 is 5.97 Å². The van der Waals surface area contributed by atoms with Gasteiger partial charge < -0.3 is 4.74 Å². The van der Waals surface area contributed by atoms with Gasteiger partial charge in [0.1, 0.15) is 0 Å². The highest BCUT2D eigenvalue weighted by atomic mass is 32.2. The first-order valence-electron chi connectivity index (χ1n) is 7.52. The molecule has 0 saturated carbocycles. The van der Waals surface area contributed by atoms with Crippen LogP contribution in [0.25, 0.3) is 16.6 Å². The number of hydrogen-bond donors (Lipinski definition) is 1. The van der Waals surface area contributed by atoms with E-state index in [2.05, 4.69) is 10.4 Å². The fourth-order valence-electron chi connectivity index (χ4n) is 2.60. The van der Waals surface area contributed by atoms with Gasteiger partial charge in [0, 0.05) is 5.41 Å². The molecule has 1 N–H and O–H groups in total. The summed E-state index contributed by atoms with van der Waals surface area (Å²) in [5, 5.41) is 2.85. The van der Waals surface area contributed by atoms with Crippen LogP contribution in [-0.4, -0.2) is 22.7 Å². The summed E-state index contributed by atoms with van der Waals surface area (Å²) in [7, 11) is 1.32. The summed E-state index contributed by atoms with van der Waals surface area (Å²) in [4.78, 5) is 29.0. The lowest BCUT2D eigenvalue weighted by Crippen LogP contribution is -2.32. The highest BCUT2D eigenvalue weighted by Crippen LogP contribution is 2.27. The number of fused-ring (bicyclic) bond motifs is 2. The molecule has 7 heteroatoms. The van der Waals surface area contributed by atoms with Crippen LogP contribution >= 0.6 is 11.8 Å². The molecule has 2 heterocycles. The summed E-state index contributed by atoms with van der Waals surface area (Å²) in [6.45, 7) is 0. The Labute approximate surface area is 147 Å². The topological polar surface area (TPSA) is 73.2 Å². The summed E-state index contributed by atoms with van der Waals surface area (Å²) in [5.41, 5.74) is 5.53. The van der Waals surface area contributed by atoms with Crippen molar-refractivity contribution in [2.75, 3.05) is 12.5 Å². The third-order valence-corrected chi connectivity index (χ3v) is 4.70. The largest absolute Gasteiger partial charge is 0.465 e. The minimum absolute atomic E-state index is 0.217. The van der Waals surface area contributed by atoms with Crippen LogP contribution in [-0.2, 0) is 4.74 Å². The Morgan fingerprint density at radius 3 is 2.76 bits per heavy atom. The van der Waals surface area contributed by atoms with Gasteiger partial charge in [-0.3, -0.25) is 10.2 Å². The normalized spacial score (nSPS) is 12.9. The van der Waals surface area contributed by atoms with E-state index in [9.17, 15) is 9.59 Å². The van der Waals surface area contributed by atoms with Crippen molar-refractivity contribution in [3.63, 3.8) is 0 Å². The molecule has 0 fully saturated rings. The van der Waals surface area contributed by atoms with Crippen molar-refractivity contribution in [1.82, 2.24) is 9.66 Å². The maximum Gasteiger partial charge on any atom is 0.337 e. The molecule has 2 aromatic carbocycles. The van der Waals surface area contributed by atoms with E-state index < -0.39 is 5.97 Å². The zero-order valence-electron chi connectivity index (χ0n) is 13.2. The maximum atomic E-state index is 12.8. The number of nitrogens with zero attached hydrogens (tertiary/aromatic N) is 2. The first-order chi connectivity index (χ1) is 12.2. The first kappa shape index (κ1) is 15.5. The number of benzene rings is 2. The second kappa shape index (κ2) is 6.10. The fourth-order valence-corrected chi connectivity index (χ4v) is 3.39. The molecule has 25 heavy (non-hydrogen) atoms. The standard InChI is InChI=1S/C18H13N3O3S/c1-24-17(23)12-7-8-13-14(9-12)19-18-21(16(13)22)20-15(10-25-18)11-5-3-2-4-6-11/h2-10,20H,1H3. The second-order valence-electron chi connectivity index (χ2n) is 5.39. The molecule has 0 saturated heterocycles. The summed E-state index contributed by atoms with van der Waals surface area (Å²) in [6.07, 6.45) is 0. The predicted octanol–water partition coefficient (Wildman–Crippen LogP) is 2.83. The van der Waals surface area contributed by atoms with Crippen molar-refractivity contribution < 1.29 is 9.53 Å². The lowest BCUT2D eigenvalue weighted by atomic mass is 10.1. The number of methoxy groups -OCH3 is 1. The molecule has 0 spiro atoms. The van der Waals surface area contributed by atoms with Crippen LogP contribution in [0.5, 0.6) is 0 Å². The molecule has 0 atom stereocenters. The number of esters is 1. The lowest BCUT2D eigenvalue weighted by molar-refractivity contribution is 0.0601. The maximum absolute atomic E-state index is 12.8. The van der Waals surface area contributed by atoms with Crippen molar-refractivity contribution >= 4 is 34.3 Å². The highest BCUT2D eigenvalue weighted by Gasteiger charge is 2.18. The number of hydrogen-bond acceptors (Lipinski definition) is 6. The number of rotatable bonds is 2. The Kier molecular flexibility index (Phi) is 3.77. The van der Waals surface area contributed by atoms with Crippen molar-refractivity contribution in [3.8, 4) is 0 Å². The van der Waals surface area contributed by atoms with Crippen LogP contribution < -0.4 is 11.0 Å². The number of aromatic nitrogens is 2. The van der Waals surface area contributed by atoms with E-state index in [4.69, 9.17) is 4.74 Å². The Bertz CT molecular complexity index is 1070. The predicted molar refractivity (Wildman–Crippen MR) is 97.0 cm³/mol. The van der Waals surface area contributed by atoms with Crippen LogP contribution in [0, 0.1) is 0 Å². The molecule has 3 aromatic rings.